The van der Waals surface area contributed by atoms with Gasteiger partial charge in [0.2, 0.25) is 5.91 Å². The molecule has 1 aromatic carbocycles. The zero-order valence-corrected chi connectivity index (χ0v) is 19.7. The predicted molar refractivity (Wildman–Crippen MR) is 121 cm³/mol. The van der Waals surface area contributed by atoms with E-state index in [9.17, 15) is 18.0 Å². The number of ether oxygens (including phenoxy) is 1. The van der Waals surface area contributed by atoms with Crippen molar-refractivity contribution in [2.75, 3.05) is 58.4 Å². The van der Waals surface area contributed by atoms with E-state index in [-0.39, 0.29) is 54.5 Å². The molecule has 1 saturated heterocycles. The average molecular weight is 543 g/mol. The maximum Gasteiger partial charge on any atom is 0.416 e. The van der Waals surface area contributed by atoms with Crippen LogP contribution in [0.4, 0.5) is 18.9 Å². The highest BCUT2D eigenvalue weighted by molar-refractivity contribution is 14.0. The lowest BCUT2D eigenvalue weighted by atomic mass is 10.1. The number of aliphatic imine (C=N–C) groups is 1. The molecule has 1 amide bonds. The lowest BCUT2D eigenvalue weighted by Crippen LogP contribution is -2.42. The number of halogens is 4. The second-order valence-corrected chi connectivity index (χ2v) is 6.78. The summed E-state index contributed by atoms with van der Waals surface area (Å²) in [5, 5.41) is 5.77. The van der Waals surface area contributed by atoms with Crippen molar-refractivity contribution in [2.24, 2.45) is 4.99 Å². The Morgan fingerprint density at radius 2 is 1.90 bits per heavy atom. The molecule has 2 rings (SSSR count). The third-order valence-corrected chi connectivity index (χ3v) is 4.43. The van der Waals surface area contributed by atoms with E-state index in [2.05, 4.69) is 15.6 Å². The van der Waals surface area contributed by atoms with Crippen LogP contribution >= 0.6 is 24.0 Å². The van der Waals surface area contributed by atoms with Crippen LogP contribution in [-0.4, -0.2) is 70.3 Å². The van der Waals surface area contributed by atoms with Crippen molar-refractivity contribution in [3.63, 3.8) is 0 Å². The van der Waals surface area contributed by atoms with E-state index in [1.165, 1.54) is 17.0 Å². The Bertz CT molecular complexity index is 723. The fourth-order valence-corrected chi connectivity index (χ4v) is 2.81. The molecule has 1 fully saturated rings. The Hall–Kier alpha value is -1.76. The number of alkyl halides is 3. The molecule has 0 radical (unpaired) electrons. The summed E-state index contributed by atoms with van der Waals surface area (Å²) in [6.07, 6.45) is -4.49. The van der Waals surface area contributed by atoms with Gasteiger partial charge in [-0.05, 0) is 24.6 Å². The summed E-state index contributed by atoms with van der Waals surface area (Å²) >= 11 is 0. The van der Waals surface area contributed by atoms with Crippen LogP contribution in [0.3, 0.4) is 0 Å². The van der Waals surface area contributed by atoms with Crippen molar-refractivity contribution >= 4 is 41.5 Å². The molecule has 11 heteroatoms. The minimum atomic E-state index is -4.49. The van der Waals surface area contributed by atoms with E-state index in [1.54, 1.807) is 20.2 Å². The van der Waals surface area contributed by atoms with Crippen molar-refractivity contribution in [1.82, 2.24) is 15.5 Å². The number of nitrogens with one attached hydrogen (secondary N) is 2. The number of likely N-dealkylation sites (N-methyl/N-ethyl adjacent to an activating group) is 1. The third kappa shape index (κ3) is 7.82. The highest BCUT2D eigenvalue weighted by Crippen LogP contribution is 2.35. The molecule has 2 N–H and O–H groups in total. The zero-order valence-electron chi connectivity index (χ0n) is 17.4. The van der Waals surface area contributed by atoms with Gasteiger partial charge in [0.1, 0.15) is 0 Å². The normalized spacial score (nSPS) is 14.7. The molecule has 0 saturated carbocycles. The molecule has 1 heterocycles. The predicted octanol–water partition coefficient (Wildman–Crippen LogP) is 2.30. The van der Waals surface area contributed by atoms with Crippen LogP contribution in [0.1, 0.15) is 18.1 Å². The van der Waals surface area contributed by atoms with Gasteiger partial charge in [0, 0.05) is 39.4 Å². The molecule has 1 aliphatic rings. The summed E-state index contributed by atoms with van der Waals surface area (Å²) in [6, 6.07) is 4.32. The maximum atomic E-state index is 13.6. The summed E-state index contributed by atoms with van der Waals surface area (Å²) in [4.78, 5) is 19.2. The second kappa shape index (κ2) is 12.2. The topological polar surface area (TPSA) is 69.2 Å². The first-order chi connectivity index (χ1) is 13.7. The number of anilines is 1. The number of nitrogens with zero attached hydrogens (tertiary/aromatic N) is 3. The first-order valence-electron chi connectivity index (χ1n) is 9.47. The molecule has 7 nitrogen and oxygen atoms in total. The van der Waals surface area contributed by atoms with Crippen molar-refractivity contribution in [3.8, 4) is 0 Å². The van der Waals surface area contributed by atoms with Crippen LogP contribution in [0.5, 0.6) is 0 Å². The summed E-state index contributed by atoms with van der Waals surface area (Å²) in [6.45, 7) is 4.30. The highest BCUT2D eigenvalue weighted by Gasteiger charge is 2.34. The Kier molecular flexibility index (Phi) is 10.7. The summed E-state index contributed by atoms with van der Waals surface area (Å²) in [7, 11) is 3.25. The van der Waals surface area contributed by atoms with Crippen LogP contribution < -0.4 is 15.5 Å². The number of rotatable bonds is 6. The van der Waals surface area contributed by atoms with Gasteiger partial charge < -0.3 is 25.2 Å². The number of carbonyl (C=O) groups excluding carboxylic acids is 1. The van der Waals surface area contributed by atoms with Gasteiger partial charge in [-0.15, -0.1) is 24.0 Å². The lowest BCUT2D eigenvalue weighted by molar-refractivity contribution is -0.138. The number of hydrogen-bond donors (Lipinski definition) is 2. The van der Waals surface area contributed by atoms with Crippen LogP contribution in [-0.2, 0) is 22.3 Å². The minimum absolute atomic E-state index is 0. The van der Waals surface area contributed by atoms with E-state index >= 15 is 0 Å². The fourth-order valence-electron chi connectivity index (χ4n) is 2.81. The number of hydrogen-bond acceptors (Lipinski definition) is 4. The summed E-state index contributed by atoms with van der Waals surface area (Å²) in [5.74, 6) is 0.120. The Labute approximate surface area is 192 Å². The van der Waals surface area contributed by atoms with E-state index < -0.39 is 11.7 Å². The number of carbonyl (C=O) groups is 1. The number of benzene rings is 1. The Morgan fingerprint density at radius 1 is 1.23 bits per heavy atom. The van der Waals surface area contributed by atoms with Crippen molar-refractivity contribution < 1.29 is 22.7 Å². The van der Waals surface area contributed by atoms with Crippen LogP contribution in [0.25, 0.3) is 0 Å². The molecule has 0 spiro atoms. The molecule has 0 aromatic heterocycles. The summed E-state index contributed by atoms with van der Waals surface area (Å²) < 4.78 is 46.2. The fraction of sp³-hybridized carbons (Fsp3) is 0.579. The number of guanidine groups is 1. The molecule has 0 unspecified atom stereocenters. The van der Waals surface area contributed by atoms with Gasteiger partial charge in [-0.25, -0.2) is 4.99 Å². The first-order valence-corrected chi connectivity index (χ1v) is 9.47. The molecular weight excluding hydrogens is 514 g/mol. The number of amides is 1. The molecule has 170 valence electrons. The van der Waals surface area contributed by atoms with Gasteiger partial charge in [0.15, 0.2) is 5.96 Å². The van der Waals surface area contributed by atoms with Crippen LogP contribution in [0.15, 0.2) is 23.2 Å². The highest BCUT2D eigenvalue weighted by atomic mass is 127. The molecule has 0 atom stereocenters. The third-order valence-electron chi connectivity index (χ3n) is 4.43. The van der Waals surface area contributed by atoms with Gasteiger partial charge in [-0.3, -0.25) is 4.79 Å². The lowest BCUT2D eigenvalue weighted by Gasteiger charge is -2.29. The monoisotopic (exact) mass is 543 g/mol. The van der Waals surface area contributed by atoms with E-state index in [4.69, 9.17) is 4.74 Å². The molecular formula is C19H29F3IN5O2. The molecule has 0 aliphatic carbocycles. The zero-order chi connectivity index (χ0) is 21.4. The van der Waals surface area contributed by atoms with Gasteiger partial charge in [0.05, 0.1) is 31.9 Å². The minimum Gasteiger partial charge on any atom is -0.378 e. The first kappa shape index (κ1) is 26.3. The Balaban J connectivity index is 0.00000450. The molecule has 30 heavy (non-hydrogen) atoms. The van der Waals surface area contributed by atoms with Gasteiger partial charge >= 0.3 is 6.18 Å². The summed E-state index contributed by atoms with van der Waals surface area (Å²) in [5.41, 5.74) is -0.105. The van der Waals surface area contributed by atoms with Crippen molar-refractivity contribution in [3.05, 3.63) is 29.3 Å². The molecule has 0 bridgehead atoms. The van der Waals surface area contributed by atoms with E-state index in [1.807, 2.05) is 11.8 Å². The standard InChI is InChI=1S/C19H28F3N5O2.HI/c1-4-23-18(25-13-17(28)26(2)3)24-12-14-5-6-15(11-16(14)19(20,21)22)27-7-9-29-10-8-27;/h5-6,11H,4,7-10,12-13H2,1-3H3,(H2,23,24,25);1H. The van der Waals surface area contributed by atoms with Gasteiger partial charge in [-0.1, -0.05) is 6.07 Å². The molecule has 1 aliphatic heterocycles. The van der Waals surface area contributed by atoms with Gasteiger partial charge in [0.25, 0.3) is 0 Å². The number of morpholine rings is 1. The van der Waals surface area contributed by atoms with Crippen molar-refractivity contribution in [1.29, 1.82) is 0 Å². The van der Waals surface area contributed by atoms with E-state index in [0.29, 0.717) is 38.5 Å². The van der Waals surface area contributed by atoms with Crippen molar-refractivity contribution in [2.45, 2.75) is 19.6 Å². The Morgan fingerprint density at radius 3 is 2.47 bits per heavy atom. The second-order valence-electron chi connectivity index (χ2n) is 6.78. The molecule has 1 aromatic rings. The average Bonchev–Trinajstić information content (AvgIpc) is 2.69. The van der Waals surface area contributed by atoms with Crippen LogP contribution in [0.2, 0.25) is 0 Å². The SMILES string of the molecule is CCNC(=NCc1ccc(N2CCOCC2)cc1C(F)(F)F)NCC(=O)N(C)C.I. The quantitative estimate of drug-likeness (QED) is 0.328. The maximum absolute atomic E-state index is 13.6. The van der Waals surface area contributed by atoms with E-state index in [0.717, 1.165) is 0 Å². The van der Waals surface area contributed by atoms with Gasteiger partial charge in [-0.2, -0.15) is 13.2 Å². The van der Waals surface area contributed by atoms with Crippen LogP contribution in [0, 0.1) is 0 Å². The smallest absolute Gasteiger partial charge is 0.378 e. The largest absolute Gasteiger partial charge is 0.416 e.